The number of anilines is 2. The second-order valence-electron chi connectivity index (χ2n) is 6.05. The van der Waals surface area contributed by atoms with E-state index in [1.807, 2.05) is 0 Å². The first kappa shape index (κ1) is 24.2. The van der Waals surface area contributed by atoms with Gasteiger partial charge in [-0.25, -0.2) is 4.68 Å². The van der Waals surface area contributed by atoms with Crippen molar-refractivity contribution in [1.29, 1.82) is 0 Å². The Labute approximate surface area is 205 Å². The molecule has 0 aliphatic rings. The van der Waals surface area contributed by atoms with Crippen molar-refractivity contribution >= 4 is 35.5 Å². The van der Waals surface area contributed by atoms with Crippen LogP contribution in [0.25, 0.3) is 5.69 Å². The van der Waals surface area contributed by atoms with E-state index in [4.69, 9.17) is 12.2 Å². The van der Waals surface area contributed by atoms with E-state index in [1.165, 1.54) is 15.7 Å². The van der Waals surface area contributed by atoms with Gasteiger partial charge >= 0.3 is 29.6 Å². The summed E-state index contributed by atoms with van der Waals surface area (Å²) in [6.07, 6.45) is 4.71. The molecule has 0 aliphatic carbocycles. The van der Waals surface area contributed by atoms with Crippen LogP contribution in [0.5, 0.6) is 0 Å². The molecule has 0 bridgehead atoms. The van der Waals surface area contributed by atoms with Gasteiger partial charge in [0.15, 0.2) is 0 Å². The van der Waals surface area contributed by atoms with Crippen LogP contribution in [0.15, 0.2) is 73.5 Å². The molecule has 2 N–H and O–H groups in total. The summed E-state index contributed by atoms with van der Waals surface area (Å²) < 4.78 is 1.77. The normalized spacial score (nSPS) is 10.3. The van der Waals surface area contributed by atoms with Crippen molar-refractivity contribution in [1.82, 2.24) is 20.2 Å². The zero-order valence-electron chi connectivity index (χ0n) is 16.7. The van der Waals surface area contributed by atoms with Crippen molar-refractivity contribution in [2.24, 2.45) is 0 Å². The number of aromatic amines is 1. The number of H-pyrrole nitrogens is 1. The number of carboxylic acid groups (broad SMARTS) is 1. The summed E-state index contributed by atoms with van der Waals surface area (Å²) in [5, 5.41) is 23.8. The summed E-state index contributed by atoms with van der Waals surface area (Å²) in [4.78, 5) is 25.0. The molecule has 31 heavy (non-hydrogen) atoms. The minimum Gasteiger partial charge on any atom is -0.548 e. The molecule has 3 aromatic rings. The molecule has 1 amide bonds. The minimum absolute atomic E-state index is 0. The van der Waals surface area contributed by atoms with Crippen LogP contribution in [0.4, 0.5) is 11.4 Å². The Hall–Kier alpha value is -3.05. The van der Waals surface area contributed by atoms with Gasteiger partial charge in [-0.3, -0.25) is 4.79 Å². The molecule has 152 valence electrons. The first-order chi connectivity index (χ1) is 14.5. The van der Waals surface area contributed by atoms with Crippen LogP contribution in [0.3, 0.4) is 0 Å². The van der Waals surface area contributed by atoms with Crippen molar-refractivity contribution in [2.75, 3.05) is 16.8 Å². The first-order valence-electron chi connectivity index (χ1n) is 8.75. The molecule has 0 spiro atoms. The standard InChI is InChI=1S/C20H18N6O3S.Na/c1-2-3-11-25(13-18(27)28)16-9-7-14(8-10-16)19(29)21-15-5-4-6-17(12-15)26-20(30)22-23-24-26;/h2-12H,1,13H2,(H,21,29)(H,27,28)(H,22,24,30);/q;+1/p-1/b11-3+;. The average molecular weight is 444 g/mol. The Morgan fingerprint density at radius 1 is 1.26 bits per heavy atom. The van der Waals surface area contributed by atoms with Crippen LogP contribution in [-0.4, -0.2) is 38.6 Å². The number of amides is 1. The van der Waals surface area contributed by atoms with E-state index in [-0.39, 0.29) is 46.8 Å². The van der Waals surface area contributed by atoms with Crippen LogP contribution in [0.1, 0.15) is 10.4 Å². The minimum atomic E-state index is -1.22. The number of nitrogens with zero attached hydrogens (tertiary/aromatic N) is 4. The second-order valence-corrected chi connectivity index (χ2v) is 6.41. The summed E-state index contributed by atoms with van der Waals surface area (Å²) in [7, 11) is 0. The Morgan fingerprint density at radius 3 is 2.61 bits per heavy atom. The summed E-state index contributed by atoms with van der Waals surface area (Å²) in [6.45, 7) is 3.24. The molecule has 1 aromatic heterocycles. The zero-order valence-corrected chi connectivity index (χ0v) is 19.5. The number of carbonyl (C=O) groups is 2. The van der Waals surface area contributed by atoms with Gasteiger partial charge < -0.3 is 20.1 Å². The van der Waals surface area contributed by atoms with Gasteiger partial charge in [0.25, 0.3) is 5.91 Å². The van der Waals surface area contributed by atoms with E-state index in [9.17, 15) is 14.7 Å². The maximum atomic E-state index is 12.6. The molecule has 0 aliphatic heterocycles. The number of nitrogens with one attached hydrogen (secondary N) is 2. The predicted octanol–water partition coefficient (Wildman–Crippen LogP) is -1.16. The second kappa shape index (κ2) is 11.4. The van der Waals surface area contributed by atoms with Crippen molar-refractivity contribution in [3.63, 3.8) is 0 Å². The van der Waals surface area contributed by atoms with E-state index >= 15 is 0 Å². The Bertz CT molecular complexity index is 1160. The van der Waals surface area contributed by atoms with Gasteiger partial charge in [0, 0.05) is 23.1 Å². The van der Waals surface area contributed by atoms with Gasteiger partial charge in [0.2, 0.25) is 4.77 Å². The fourth-order valence-corrected chi connectivity index (χ4v) is 2.82. The van der Waals surface area contributed by atoms with Gasteiger partial charge in [-0.05, 0) is 60.8 Å². The number of rotatable bonds is 8. The summed E-state index contributed by atoms with van der Waals surface area (Å²) in [5.41, 5.74) is 2.23. The van der Waals surface area contributed by atoms with E-state index in [1.54, 1.807) is 60.8 Å². The van der Waals surface area contributed by atoms with E-state index in [2.05, 4.69) is 27.4 Å². The predicted molar refractivity (Wildman–Crippen MR) is 113 cm³/mol. The third kappa shape index (κ3) is 6.46. The number of tetrazole rings is 1. The largest absolute Gasteiger partial charge is 1.00 e. The first-order valence-corrected chi connectivity index (χ1v) is 9.16. The number of hydrogen-bond acceptors (Lipinski definition) is 7. The molecule has 0 radical (unpaired) electrons. The molecular formula is C20H17N6NaO3S. The topological polar surface area (TPSA) is 119 Å². The molecule has 1 heterocycles. The van der Waals surface area contributed by atoms with Crippen molar-refractivity contribution in [2.45, 2.75) is 0 Å². The van der Waals surface area contributed by atoms with Gasteiger partial charge in [-0.1, -0.05) is 29.0 Å². The summed E-state index contributed by atoms with van der Waals surface area (Å²) >= 11 is 5.08. The van der Waals surface area contributed by atoms with Crippen molar-refractivity contribution in [3.05, 3.63) is 83.8 Å². The van der Waals surface area contributed by atoms with E-state index in [0.717, 1.165) is 0 Å². The number of benzene rings is 2. The number of aromatic nitrogens is 4. The molecule has 0 atom stereocenters. The van der Waals surface area contributed by atoms with Crippen LogP contribution in [0, 0.1) is 4.77 Å². The number of hydrogen-bond donors (Lipinski definition) is 2. The van der Waals surface area contributed by atoms with Gasteiger partial charge in [-0.2, -0.15) is 5.21 Å². The van der Waals surface area contributed by atoms with Gasteiger partial charge in [0.1, 0.15) is 0 Å². The summed E-state index contributed by atoms with van der Waals surface area (Å²) in [5.74, 6) is -1.55. The van der Waals surface area contributed by atoms with E-state index < -0.39 is 5.97 Å². The molecule has 3 rings (SSSR count). The third-order valence-electron chi connectivity index (χ3n) is 4.00. The fraction of sp³-hybridized carbons (Fsp3) is 0.0500. The maximum Gasteiger partial charge on any atom is 1.00 e. The average Bonchev–Trinajstić information content (AvgIpc) is 3.17. The molecule has 0 saturated carbocycles. The quantitative estimate of drug-likeness (QED) is 0.256. The van der Waals surface area contributed by atoms with Crippen LogP contribution < -0.4 is 44.9 Å². The molecule has 0 saturated heterocycles. The number of carboxylic acids is 1. The number of aliphatic carboxylic acids is 1. The van der Waals surface area contributed by atoms with Gasteiger partial charge in [0.05, 0.1) is 18.2 Å². The Balaban J connectivity index is 0.00000341. The SMILES string of the molecule is C=C/C=C/N(CC(=O)[O-])c1ccc(C(=O)Nc2cccc(-n3[nH]nnc3=S)c2)cc1.[Na+]. The number of carbonyl (C=O) groups excluding carboxylic acids is 2. The Morgan fingerprint density at radius 2 is 2.00 bits per heavy atom. The molecule has 11 heteroatoms. The molecule has 9 nitrogen and oxygen atoms in total. The van der Waals surface area contributed by atoms with Crippen LogP contribution in [-0.2, 0) is 4.79 Å². The molecule has 0 unspecified atom stereocenters. The molecule has 0 fully saturated rings. The summed E-state index contributed by atoms with van der Waals surface area (Å²) in [6, 6.07) is 13.5. The molecule has 2 aromatic carbocycles. The zero-order chi connectivity index (χ0) is 21.5. The maximum absolute atomic E-state index is 12.6. The smallest absolute Gasteiger partial charge is 0.548 e. The third-order valence-corrected chi connectivity index (χ3v) is 4.26. The number of allylic oxidation sites excluding steroid dienone is 2. The van der Waals surface area contributed by atoms with Crippen molar-refractivity contribution < 1.29 is 44.3 Å². The van der Waals surface area contributed by atoms with Crippen LogP contribution >= 0.6 is 12.2 Å². The van der Waals surface area contributed by atoms with E-state index in [0.29, 0.717) is 22.6 Å². The fourth-order valence-electron chi connectivity index (χ4n) is 2.63. The monoisotopic (exact) mass is 444 g/mol. The van der Waals surface area contributed by atoms with Crippen LogP contribution in [0.2, 0.25) is 0 Å². The van der Waals surface area contributed by atoms with Gasteiger partial charge in [-0.15, -0.1) is 0 Å². The molecular weight excluding hydrogens is 427 g/mol. The Kier molecular flexibility index (Phi) is 8.88. The van der Waals surface area contributed by atoms with Crippen molar-refractivity contribution in [3.8, 4) is 5.69 Å².